The van der Waals surface area contributed by atoms with E-state index in [1.807, 2.05) is 66.9 Å². The highest BCUT2D eigenvalue weighted by atomic mass is 35.5. The molecule has 0 unspecified atom stereocenters. The number of hydrogen-bond acceptors (Lipinski definition) is 4. The molecule has 7 heteroatoms. The summed E-state index contributed by atoms with van der Waals surface area (Å²) in [5.41, 5.74) is 4.06. The van der Waals surface area contributed by atoms with Crippen molar-refractivity contribution >= 4 is 51.5 Å². The smallest absolute Gasteiger partial charge is 0.293 e. The first kappa shape index (κ1) is 24.2. The lowest BCUT2D eigenvalue weighted by atomic mass is 10.1. The van der Waals surface area contributed by atoms with Crippen molar-refractivity contribution in [2.75, 3.05) is 6.61 Å². The Morgan fingerprint density at radius 2 is 1.72 bits per heavy atom. The lowest BCUT2D eigenvalue weighted by molar-refractivity contribution is -0.123. The number of carbonyl (C=O) groups excluding carboxylic acids is 2. The lowest BCUT2D eigenvalue weighted by Crippen LogP contribution is -2.27. The van der Waals surface area contributed by atoms with E-state index in [0.29, 0.717) is 16.5 Å². The van der Waals surface area contributed by atoms with Gasteiger partial charge < -0.3 is 9.30 Å². The first-order valence-corrected chi connectivity index (χ1v) is 12.9. The van der Waals surface area contributed by atoms with Gasteiger partial charge in [-0.3, -0.25) is 14.5 Å². The monoisotopic (exact) mass is 516 g/mol. The molecule has 0 radical (unpaired) electrons. The minimum Gasteiger partial charge on any atom is -0.494 e. The summed E-state index contributed by atoms with van der Waals surface area (Å²) in [5.74, 6) is 0.594. The van der Waals surface area contributed by atoms with Crippen molar-refractivity contribution in [2.24, 2.45) is 0 Å². The number of halogens is 1. The molecule has 36 heavy (non-hydrogen) atoms. The molecule has 4 aromatic rings. The van der Waals surface area contributed by atoms with Gasteiger partial charge in [-0.2, -0.15) is 0 Å². The van der Waals surface area contributed by atoms with Crippen molar-refractivity contribution < 1.29 is 14.3 Å². The van der Waals surface area contributed by atoms with Crippen molar-refractivity contribution in [3.05, 3.63) is 106 Å². The van der Waals surface area contributed by atoms with E-state index in [4.69, 9.17) is 16.3 Å². The van der Waals surface area contributed by atoms with Crippen molar-refractivity contribution in [1.29, 1.82) is 0 Å². The zero-order valence-corrected chi connectivity index (χ0v) is 21.4. The van der Waals surface area contributed by atoms with Crippen LogP contribution in [0.5, 0.6) is 5.75 Å². The fourth-order valence-electron chi connectivity index (χ4n) is 4.18. The van der Waals surface area contributed by atoms with Crippen LogP contribution in [0.2, 0.25) is 5.02 Å². The quantitative estimate of drug-likeness (QED) is 0.182. The molecule has 1 saturated heterocycles. The molecule has 0 saturated carbocycles. The molecule has 182 valence electrons. The maximum absolute atomic E-state index is 13.1. The van der Waals surface area contributed by atoms with Gasteiger partial charge in [0.1, 0.15) is 5.75 Å². The highest BCUT2D eigenvalue weighted by Crippen LogP contribution is 2.35. The van der Waals surface area contributed by atoms with E-state index < -0.39 is 0 Å². The summed E-state index contributed by atoms with van der Waals surface area (Å²) in [7, 11) is 0. The Kier molecular flexibility index (Phi) is 7.16. The number of hydrogen-bond donors (Lipinski definition) is 0. The third-order valence-electron chi connectivity index (χ3n) is 6.07. The highest BCUT2D eigenvalue weighted by Gasteiger charge is 2.35. The fraction of sp³-hybridized carbons (Fsp3) is 0.172. The molecule has 2 heterocycles. The molecule has 5 nitrogen and oxygen atoms in total. The van der Waals surface area contributed by atoms with E-state index in [1.54, 1.807) is 12.1 Å². The average Bonchev–Trinajstić information content (AvgIpc) is 3.36. The number of amides is 2. The first-order valence-electron chi connectivity index (χ1n) is 11.7. The number of aromatic nitrogens is 1. The number of ether oxygens (including phenoxy) is 1. The average molecular weight is 517 g/mol. The van der Waals surface area contributed by atoms with Gasteiger partial charge in [-0.05, 0) is 67.1 Å². The van der Waals surface area contributed by atoms with Crippen LogP contribution in [0.4, 0.5) is 4.79 Å². The summed E-state index contributed by atoms with van der Waals surface area (Å²) in [4.78, 5) is 27.4. The van der Waals surface area contributed by atoms with Gasteiger partial charge >= 0.3 is 0 Å². The van der Waals surface area contributed by atoms with Crippen LogP contribution in [-0.2, 0) is 17.9 Å². The van der Waals surface area contributed by atoms with E-state index in [2.05, 4.69) is 17.6 Å². The molecule has 1 aliphatic rings. The van der Waals surface area contributed by atoms with Gasteiger partial charge in [-0.15, -0.1) is 0 Å². The van der Waals surface area contributed by atoms with Crippen molar-refractivity contribution in [1.82, 2.24) is 9.47 Å². The number of imide groups is 1. The molecule has 3 aromatic carbocycles. The molecule has 0 atom stereocenters. The molecule has 0 spiro atoms. The second-order valence-electron chi connectivity index (χ2n) is 8.70. The van der Waals surface area contributed by atoms with Crippen LogP contribution in [0, 0.1) is 6.92 Å². The van der Waals surface area contributed by atoms with Gasteiger partial charge in [-0.25, -0.2) is 0 Å². The van der Waals surface area contributed by atoms with Crippen molar-refractivity contribution in [3.63, 3.8) is 0 Å². The first-order chi connectivity index (χ1) is 17.5. The maximum atomic E-state index is 13.1. The minimum atomic E-state index is -0.275. The molecule has 0 bridgehead atoms. The fourth-order valence-corrected chi connectivity index (χ4v) is 5.14. The largest absolute Gasteiger partial charge is 0.494 e. The molecule has 2 amide bonds. The van der Waals surface area contributed by atoms with Crippen LogP contribution in [0.1, 0.15) is 23.1 Å². The zero-order valence-electron chi connectivity index (χ0n) is 19.8. The SMILES string of the molecule is Cc1ccc(OCCCn2cc(/C=C3\SC(=O)N(Cc4ccc(Cl)cc4)C3=O)c3ccccc32)cc1. The number of para-hydroxylation sites is 1. The number of benzene rings is 3. The van der Waals surface area contributed by atoms with E-state index in [1.165, 1.54) is 10.5 Å². The van der Waals surface area contributed by atoms with Gasteiger partial charge in [0.2, 0.25) is 0 Å². The number of rotatable bonds is 8. The summed E-state index contributed by atoms with van der Waals surface area (Å²) in [5, 5.41) is 1.39. The van der Waals surface area contributed by atoms with Crippen molar-refractivity contribution in [3.8, 4) is 5.75 Å². The van der Waals surface area contributed by atoms with Crippen LogP contribution in [-0.4, -0.2) is 27.2 Å². The number of fused-ring (bicyclic) bond motifs is 1. The summed E-state index contributed by atoms with van der Waals surface area (Å²) in [6, 6.07) is 23.3. The normalized spacial score (nSPS) is 14.8. The number of carbonyl (C=O) groups is 2. The Morgan fingerprint density at radius 1 is 0.972 bits per heavy atom. The summed E-state index contributed by atoms with van der Waals surface area (Å²) in [6.45, 7) is 3.66. The Hall–Kier alpha value is -3.48. The Labute approximate surface area is 219 Å². The molecule has 1 fully saturated rings. The predicted octanol–water partition coefficient (Wildman–Crippen LogP) is 7.31. The van der Waals surface area contributed by atoms with Crippen LogP contribution < -0.4 is 4.74 Å². The Morgan fingerprint density at radius 3 is 2.50 bits per heavy atom. The Bertz CT molecular complexity index is 1440. The van der Waals surface area contributed by atoms with Gasteiger partial charge in [-0.1, -0.05) is 59.6 Å². The van der Waals surface area contributed by atoms with Gasteiger partial charge in [0.15, 0.2) is 0 Å². The molecule has 0 N–H and O–H groups in total. The molecular formula is C29H25ClN2O3S. The van der Waals surface area contributed by atoms with Gasteiger partial charge in [0.25, 0.3) is 11.1 Å². The van der Waals surface area contributed by atoms with Crippen LogP contribution in [0.3, 0.4) is 0 Å². The van der Waals surface area contributed by atoms with E-state index >= 15 is 0 Å². The number of aryl methyl sites for hydroxylation is 2. The molecule has 0 aliphatic carbocycles. The second-order valence-corrected chi connectivity index (χ2v) is 10.1. The summed E-state index contributed by atoms with van der Waals surface area (Å²) >= 11 is 6.93. The second kappa shape index (κ2) is 10.6. The minimum absolute atomic E-state index is 0.224. The van der Waals surface area contributed by atoms with Crippen LogP contribution in [0.25, 0.3) is 17.0 Å². The third kappa shape index (κ3) is 5.35. The molecule has 1 aliphatic heterocycles. The third-order valence-corrected chi connectivity index (χ3v) is 7.23. The van der Waals surface area contributed by atoms with Gasteiger partial charge in [0.05, 0.1) is 18.1 Å². The highest BCUT2D eigenvalue weighted by molar-refractivity contribution is 8.18. The predicted molar refractivity (Wildman–Crippen MR) is 146 cm³/mol. The van der Waals surface area contributed by atoms with E-state index in [-0.39, 0.29) is 17.7 Å². The molecule has 5 rings (SSSR count). The van der Waals surface area contributed by atoms with Crippen LogP contribution in [0.15, 0.2) is 83.9 Å². The van der Waals surface area contributed by atoms with E-state index in [9.17, 15) is 9.59 Å². The molecule has 1 aromatic heterocycles. The number of nitrogens with zero attached hydrogens (tertiary/aromatic N) is 2. The lowest BCUT2D eigenvalue weighted by Gasteiger charge is -2.12. The standard InChI is InChI=1S/C29H25ClN2O3S/c1-20-7-13-24(14-8-20)35-16-4-15-31-19-22(25-5-2-3-6-26(25)31)17-27-28(33)32(29(34)36-27)18-21-9-11-23(30)12-10-21/h2-3,5-14,17,19H,4,15-16,18H2,1H3/b27-17-. The topological polar surface area (TPSA) is 51.5 Å². The van der Waals surface area contributed by atoms with Gasteiger partial charge in [0, 0.05) is 34.2 Å². The zero-order chi connectivity index (χ0) is 25.1. The summed E-state index contributed by atoms with van der Waals surface area (Å²) < 4.78 is 8.06. The molecular weight excluding hydrogens is 492 g/mol. The van der Waals surface area contributed by atoms with Crippen molar-refractivity contribution in [2.45, 2.75) is 26.4 Å². The van der Waals surface area contributed by atoms with Crippen LogP contribution >= 0.6 is 23.4 Å². The summed E-state index contributed by atoms with van der Waals surface area (Å²) in [6.07, 6.45) is 4.71. The maximum Gasteiger partial charge on any atom is 0.293 e. The Balaban J connectivity index is 1.30. The van der Waals surface area contributed by atoms with E-state index in [0.717, 1.165) is 52.5 Å². The number of thioether (sulfide) groups is 1.